The van der Waals surface area contributed by atoms with E-state index in [2.05, 4.69) is 22.4 Å². The highest BCUT2D eigenvalue weighted by Gasteiger charge is 2.05. The summed E-state index contributed by atoms with van der Waals surface area (Å²) in [5.41, 5.74) is 4.43. The van der Waals surface area contributed by atoms with Crippen LogP contribution in [0.25, 0.3) is 0 Å². The number of carbonyl (C=O) groups is 2. The molecule has 0 saturated carbocycles. The van der Waals surface area contributed by atoms with Gasteiger partial charge in [-0.15, -0.1) is 0 Å². The van der Waals surface area contributed by atoms with Crippen molar-refractivity contribution in [3.8, 4) is 0 Å². The van der Waals surface area contributed by atoms with Gasteiger partial charge in [-0.3, -0.25) is 4.79 Å². The first-order valence-electron chi connectivity index (χ1n) is 4.14. The molecule has 2 N–H and O–H groups in total. The largest absolute Gasteiger partial charge is 0.462 e. The fraction of sp³-hybridized carbons (Fsp3) is 0.750. The Hall–Kier alpha value is -1.10. The SMILES string of the molecule is CN1CCCC1.COC(=O)C(N)=O. The normalized spacial score (nSPS) is 15.8. The van der Waals surface area contributed by atoms with Crippen molar-refractivity contribution in [2.24, 2.45) is 5.73 Å². The molecular formula is C8H16N2O3. The molecule has 5 heteroatoms. The van der Waals surface area contributed by atoms with E-state index in [0.717, 1.165) is 7.11 Å². The third-order valence-electron chi connectivity index (χ3n) is 1.72. The molecule has 0 bridgehead atoms. The summed E-state index contributed by atoms with van der Waals surface area (Å²) in [7, 11) is 3.26. The van der Waals surface area contributed by atoms with Gasteiger partial charge in [-0.1, -0.05) is 0 Å². The molecule has 1 heterocycles. The summed E-state index contributed by atoms with van der Waals surface area (Å²) in [5.74, 6) is -2.08. The van der Waals surface area contributed by atoms with Crippen molar-refractivity contribution in [2.75, 3.05) is 27.2 Å². The summed E-state index contributed by atoms with van der Waals surface area (Å²) in [6, 6.07) is 0. The summed E-state index contributed by atoms with van der Waals surface area (Å²) >= 11 is 0. The van der Waals surface area contributed by atoms with Crippen molar-refractivity contribution < 1.29 is 14.3 Å². The van der Waals surface area contributed by atoms with E-state index in [-0.39, 0.29) is 0 Å². The molecule has 1 rings (SSSR count). The van der Waals surface area contributed by atoms with Crippen LogP contribution in [0.5, 0.6) is 0 Å². The van der Waals surface area contributed by atoms with Crippen molar-refractivity contribution >= 4 is 11.9 Å². The molecule has 0 aliphatic carbocycles. The molecule has 0 aromatic heterocycles. The topological polar surface area (TPSA) is 72.6 Å². The fourth-order valence-corrected chi connectivity index (χ4v) is 0.976. The third kappa shape index (κ3) is 6.10. The minimum atomic E-state index is -1.07. The van der Waals surface area contributed by atoms with Gasteiger partial charge in [-0.05, 0) is 33.0 Å². The number of hydrogen-bond acceptors (Lipinski definition) is 4. The molecule has 1 fully saturated rings. The third-order valence-corrected chi connectivity index (χ3v) is 1.72. The van der Waals surface area contributed by atoms with Crippen molar-refractivity contribution in [3.63, 3.8) is 0 Å². The van der Waals surface area contributed by atoms with Crippen LogP contribution >= 0.6 is 0 Å². The van der Waals surface area contributed by atoms with Crippen LogP contribution in [-0.2, 0) is 14.3 Å². The number of hydrogen-bond donors (Lipinski definition) is 1. The van der Waals surface area contributed by atoms with Gasteiger partial charge < -0.3 is 15.4 Å². The lowest BCUT2D eigenvalue weighted by Gasteiger charge is -2.01. The van der Waals surface area contributed by atoms with Crippen LogP contribution in [0, 0.1) is 0 Å². The van der Waals surface area contributed by atoms with Crippen LogP contribution in [0.2, 0.25) is 0 Å². The van der Waals surface area contributed by atoms with Gasteiger partial charge in [-0.2, -0.15) is 0 Å². The Morgan fingerprint density at radius 3 is 1.85 bits per heavy atom. The Bertz CT molecular complexity index is 176. The van der Waals surface area contributed by atoms with Crippen molar-refractivity contribution in [3.05, 3.63) is 0 Å². The maximum atomic E-state index is 9.81. The molecule has 76 valence electrons. The van der Waals surface area contributed by atoms with Crippen LogP contribution in [0.3, 0.4) is 0 Å². The number of methoxy groups -OCH3 is 1. The smallest absolute Gasteiger partial charge is 0.396 e. The maximum absolute atomic E-state index is 9.81. The Morgan fingerprint density at radius 1 is 1.31 bits per heavy atom. The first-order valence-corrected chi connectivity index (χ1v) is 4.14. The number of nitrogens with zero attached hydrogens (tertiary/aromatic N) is 1. The summed E-state index contributed by atoms with van der Waals surface area (Å²) in [4.78, 5) is 21.9. The lowest BCUT2D eigenvalue weighted by Crippen LogP contribution is -2.23. The second-order valence-electron chi connectivity index (χ2n) is 2.87. The number of rotatable bonds is 0. The molecule has 0 unspecified atom stereocenters. The van der Waals surface area contributed by atoms with E-state index in [0.29, 0.717) is 0 Å². The van der Waals surface area contributed by atoms with Gasteiger partial charge in [0, 0.05) is 0 Å². The molecule has 0 radical (unpaired) electrons. The molecule has 1 aliphatic rings. The molecule has 0 spiro atoms. The van der Waals surface area contributed by atoms with Gasteiger partial charge in [0.2, 0.25) is 0 Å². The summed E-state index contributed by atoms with van der Waals surface area (Å²) < 4.78 is 3.90. The highest BCUT2D eigenvalue weighted by molar-refractivity contribution is 6.31. The molecule has 13 heavy (non-hydrogen) atoms. The molecule has 0 atom stereocenters. The highest BCUT2D eigenvalue weighted by Crippen LogP contribution is 2.01. The van der Waals surface area contributed by atoms with E-state index in [4.69, 9.17) is 0 Å². The van der Waals surface area contributed by atoms with Crippen molar-refractivity contribution in [1.29, 1.82) is 0 Å². The molecule has 0 aromatic carbocycles. The van der Waals surface area contributed by atoms with E-state index in [1.165, 1.54) is 25.9 Å². The van der Waals surface area contributed by atoms with Gasteiger partial charge >= 0.3 is 11.9 Å². The maximum Gasteiger partial charge on any atom is 0.396 e. The Labute approximate surface area is 77.8 Å². The minimum Gasteiger partial charge on any atom is -0.462 e. The Morgan fingerprint density at radius 2 is 1.77 bits per heavy atom. The number of amides is 1. The van der Waals surface area contributed by atoms with Crippen LogP contribution in [-0.4, -0.2) is 44.0 Å². The first-order chi connectivity index (χ1) is 6.07. The number of likely N-dealkylation sites (tertiary alicyclic amines) is 1. The molecular weight excluding hydrogens is 172 g/mol. The predicted octanol–water partition coefficient (Wildman–Crippen LogP) is -0.643. The van der Waals surface area contributed by atoms with Crippen molar-refractivity contribution in [2.45, 2.75) is 12.8 Å². The van der Waals surface area contributed by atoms with E-state index < -0.39 is 11.9 Å². The summed E-state index contributed by atoms with van der Waals surface area (Å²) in [5, 5.41) is 0. The molecule has 5 nitrogen and oxygen atoms in total. The van der Waals surface area contributed by atoms with Gasteiger partial charge in [-0.25, -0.2) is 4.79 Å². The van der Waals surface area contributed by atoms with Crippen molar-refractivity contribution in [1.82, 2.24) is 4.90 Å². The van der Waals surface area contributed by atoms with E-state index >= 15 is 0 Å². The van der Waals surface area contributed by atoms with Gasteiger partial charge in [0.05, 0.1) is 7.11 Å². The summed E-state index contributed by atoms with van der Waals surface area (Å²) in [6.45, 7) is 2.64. The zero-order valence-electron chi connectivity index (χ0n) is 8.08. The van der Waals surface area contributed by atoms with E-state index in [1.807, 2.05) is 0 Å². The van der Waals surface area contributed by atoms with Crippen LogP contribution in [0.4, 0.5) is 0 Å². The second-order valence-corrected chi connectivity index (χ2v) is 2.87. The van der Waals surface area contributed by atoms with Gasteiger partial charge in [0.1, 0.15) is 0 Å². The quantitative estimate of drug-likeness (QED) is 0.405. The number of esters is 1. The number of primary amides is 1. The fourth-order valence-electron chi connectivity index (χ4n) is 0.976. The Kier molecular flexibility index (Phi) is 5.88. The number of nitrogens with two attached hydrogens (primary N) is 1. The molecule has 1 saturated heterocycles. The van der Waals surface area contributed by atoms with Crippen LogP contribution in [0.1, 0.15) is 12.8 Å². The monoisotopic (exact) mass is 188 g/mol. The van der Waals surface area contributed by atoms with E-state index in [1.54, 1.807) is 0 Å². The average molecular weight is 188 g/mol. The lowest BCUT2D eigenvalue weighted by molar-refractivity contribution is -0.151. The highest BCUT2D eigenvalue weighted by atomic mass is 16.5. The number of ether oxygens (including phenoxy) is 1. The summed E-state index contributed by atoms with van der Waals surface area (Å²) in [6.07, 6.45) is 2.83. The second kappa shape index (κ2) is 6.42. The number of carbonyl (C=O) groups excluding carboxylic acids is 2. The zero-order valence-corrected chi connectivity index (χ0v) is 8.08. The predicted molar refractivity (Wildman–Crippen MR) is 47.9 cm³/mol. The molecule has 1 aliphatic heterocycles. The van der Waals surface area contributed by atoms with Gasteiger partial charge in [0.25, 0.3) is 0 Å². The Balaban J connectivity index is 0.000000223. The van der Waals surface area contributed by atoms with E-state index in [9.17, 15) is 9.59 Å². The van der Waals surface area contributed by atoms with Crippen LogP contribution in [0.15, 0.2) is 0 Å². The standard InChI is InChI=1S/C5H11N.C3H5NO3/c1-6-4-2-3-5-6;1-7-3(6)2(4)5/h2-5H2,1H3;1H3,(H2,4,5). The minimum absolute atomic E-state index is 1.01. The van der Waals surface area contributed by atoms with Gasteiger partial charge in [0.15, 0.2) is 0 Å². The molecule has 0 aromatic rings. The average Bonchev–Trinajstić information content (AvgIpc) is 2.55. The molecule has 1 amide bonds. The zero-order chi connectivity index (χ0) is 10.3. The first kappa shape index (κ1) is 11.9. The lowest BCUT2D eigenvalue weighted by atomic mass is 10.4. The van der Waals surface area contributed by atoms with Crippen LogP contribution < -0.4 is 5.73 Å².